The fourth-order valence-electron chi connectivity index (χ4n) is 2.67. The SMILES string of the molecule is CC(NC(=O)c1cc2ccccc2n1CC(=O)O)C(=O)N[C@@H](C=O)CC(=O)O. The van der Waals surface area contributed by atoms with Crippen LogP contribution in [-0.2, 0) is 25.7 Å². The van der Waals surface area contributed by atoms with Gasteiger partial charge >= 0.3 is 11.9 Å². The van der Waals surface area contributed by atoms with Crippen molar-refractivity contribution in [1.82, 2.24) is 15.2 Å². The molecule has 0 aliphatic rings. The van der Waals surface area contributed by atoms with Gasteiger partial charge in [0.2, 0.25) is 5.91 Å². The number of para-hydroxylation sites is 1. The zero-order valence-electron chi connectivity index (χ0n) is 14.9. The van der Waals surface area contributed by atoms with Gasteiger partial charge in [0.15, 0.2) is 0 Å². The molecule has 0 saturated carbocycles. The Kier molecular flexibility index (Phi) is 6.48. The van der Waals surface area contributed by atoms with Crippen LogP contribution in [0, 0.1) is 0 Å². The first-order valence-corrected chi connectivity index (χ1v) is 8.31. The number of aldehydes is 1. The van der Waals surface area contributed by atoms with E-state index in [4.69, 9.17) is 10.2 Å². The second-order valence-corrected chi connectivity index (χ2v) is 6.11. The van der Waals surface area contributed by atoms with E-state index in [9.17, 15) is 24.0 Å². The van der Waals surface area contributed by atoms with Gasteiger partial charge in [-0.25, -0.2) is 0 Å². The highest BCUT2D eigenvalue weighted by molar-refractivity contribution is 6.01. The number of hydrogen-bond acceptors (Lipinski definition) is 5. The Bertz CT molecular complexity index is 934. The Morgan fingerprint density at radius 1 is 1.11 bits per heavy atom. The zero-order chi connectivity index (χ0) is 20.8. The molecule has 1 aromatic heterocycles. The maximum atomic E-state index is 12.6. The molecule has 1 heterocycles. The molecule has 0 saturated heterocycles. The fourth-order valence-corrected chi connectivity index (χ4v) is 2.67. The van der Waals surface area contributed by atoms with Crippen LogP contribution >= 0.6 is 0 Å². The number of benzene rings is 1. The molecule has 0 bridgehead atoms. The van der Waals surface area contributed by atoms with Crippen LogP contribution in [0.1, 0.15) is 23.8 Å². The molecule has 0 fully saturated rings. The van der Waals surface area contributed by atoms with Crippen molar-refractivity contribution in [3.05, 3.63) is 36.0 Å². The Labute approximate surface area is 159 Å². The molecule has 0 spiro atoms. The van der Waals surface area contributed by atoms with Crippen molar-refractivity contribution < 1.29 is 34.2 Å². The molecule has 2 amide bonds. The second kappa shape index (κ2) is 8.80. The molecule has 0 radical (unpaired) electrons. The summed E-state index contributed by atoms with van der Waals surface area (Å²) in [5, 5.41) is 23.1. The molecule has 2 rings (SSSR count). The zero-order valence-corrected chi connectivity index (χ0v) is 14.9. The number of fused-ring (bicyclic) bond motifs is 1. The summed E-state index contributed by atoms with van der Waals surface area (Å²) < 4.78 is 1.32. The molecular formula is C18H19N3O7. The summed E-state index contributed by atoms with van der Waals surface area (Å²) in [6, 6.07) is 6.06. The summed E-state index contributed by atoms with van der Waals surface area (Å²) in [4.78, 5) is 57.4. The third-order valence-corrected chi connectivity index (χ3v) is 3.96. The van der Waals surface area contributed by atoms with Gasteiger partial charge in [-0.2, -0.15) is 0 Å². The molecule has 2 aromatic rings. The number of amides is 2. The van der Waals surface area contributed by atoms with Crippen LogP contribution in [0.15, 0.2) is 30.3 Å². The molecule has 0 aliphatic heterocycles. The van der Waals surface area contributed by atoms with E-state index in [1.165, 1.54) is 17.6 Å². The minimum atomic E-state index is -1.26. The number of carbonyl (C=O) groups is 5. The summed E-state index contributed by atoms with van der Waals surface area (Å²) in [7, 11) is 0. The van der Waals surface area contributed by atoms with Gasteiger partial charge in [0, 0.05) is 10.9 Å². The molecular weight excluding hydrogens is 370 g/mol. The van der Waals surface area contributed by atoms with Crippen molar-refractivity contribution in [3.8, 4) is 0 Å². The second-order valence-electron chi connectivity index (χ2n) is 6.11. The Balaban J connectivity index is 2.17. The topological polar surface area (TPSA) is 155 Å². The van der Waals surface area contributed by atoms with Crippen LogP contribution in [0.4, 0.5) is 0 Å². The van der Waals surface area contributed by atoms with Crippen LogP contribution in [-0.4, -0.2) is 56.9 Å². The maximum absolute atomic E-state index is 12.6. The number of carboxylic acids is 2. The smallest absolute Gasteiger partial charge is 0.323 e. The van der Waals surface area contributed by atoms with Gasteiger partial charge in [0.25, 0.3) is 5.91 Å². The molecule has 4 N–H and O–H groups in total. The number of aliphatic carboxylic acids is 2. The standard InChI is InChI=1S/C18H19N3O7/c1-10(17(27)20-12(9-22)7-15(23)24)19-18(28)14-6-11-4-2-3-5-13(11)21(14)8-16(25)26/h2-6,9-10,12H,7-8H2,1H3,(H,19,28)(H,20,27)(H,23,24)(H,25,26)/t10?,12-/m1/s1. The average Bonchev–Trinajstić information content (AvgIpc) is 2.98. The molecule has 10 heteroatoms. The highest BCUT2D eigenvalue weighted by Gasteiger charge is 2.23. The molecule has 2 atom stereocenters. The van der Waals surface area contributed by atoms with Crippen LogP contribution in [0.5, 0.6) is 0 Å². The molecule has 1 aromatic carbocycles. The van der Waals surface area contributed by atoms with Crippen LogP contribution in [0.25, 0.3) is 10.9 Å². The Morgan fingerprint density at radius 3 is 2.39 bits per heavy atom. The number of nitrogens with zero attached hydrogens (tertiary/aromatic N) is 1. The van der Waals surface area contributed by atoms with Crippen LogP contribution < -0.4 is 10.6 Å². The van der Waals surface area contributed by atoms with Crippen molar-refractivity contribution in [2.45, 2.75) is 32.0 Å². The number of carbonyl (C=O) groups excluding carboxylic acids is 3. The van der Waals surface area contributed by atoms with Gasteiger partial charge < -0.3 is 30.2 Å². The van der Waals surface area contributed by atoms with E-state index >= 15 is 0 Å². The molecule has 148 valence electrons. The highest BCUT2D eigenvalue weighted by Crippen LogP contribution is 2.20. The first-order chi connectivity index (χ1) is 13.2. The predicted molar refractivity (Wildman–Crippen MR) is 96.7 cm³/mol. The van der Waals surface area contributed by atoms with Crippen LogP contribution in [0.3, 0.4) is 0 Å². The Morgan fingerprint density at radius 2 is 1.79 bits per heavy atom. The lowest BCUT2D eigenvalue weighted by atomic mass is 10.2. The van der Waals surface area contributed by atoms with Crippen molar-refractivity contribution in [1.29, 1.82) is 0 Å². The molecule has 0 aliphatic carbocycles. The summed E-state index contributed by atoms with van der Waals surface area (Å²) in [5.74, 6) is -3.82. The van der Waals surface area contributed by atoms with Gasteiger partial charge in [0.05, 0.1) is 12.5 Å². The third kappa shape index (κ3) is 4.93. The lowest BCUT2D eigenvalue weighted by molar-refractivity contribution is -0.139. The van der Waals surface area contributed by atoms with Gasteiger partial charge in [-0.1, -0.05) is 18.2 Å². The molecule has 1 unspecified atom stereocenters. The number of aromatic nitrogens is 1. The van der Waals surface area contributed by atoms with Crippen molar-refractivity contribution in [3.63, 3.8) is 0 Å². The number of carboxylic acid groups (broad SMARTS) is 2. The Hall–Kier alpha value is -3.69. The molecule has 28 heavy (non-hydrogen) atoms. The van der Waals surface area contributed by atoms with E-state index in [0.29, 0.717) is 17.2 Å². The largest absolute Gasteiger partial charge is 0.481 e. The quantitative estimate of drug-likeness (QED) is 0.440. The van der Waals surface area contributed by atoms with Crippen molar-refractivity contribution in [2.75, 3.05) is 0 Å². The van der Waals surface area contributed by atoms with Gasteiger partial charge in [-0.05, 0) is 19.1 Å². The lowest BCUT2D eigenvalue weighted by Gasteiger charge is -2.17. The lowest BCUT2D eigenvalue weighted by Crippen LogP contribution is -2.49. The predicted octanol–water partition coefficient (Wildman–Crippen LogP) is 0.00260. The third-order valence-electron chi connectivity index (χ3n) is 3.96. The first-order valence-electron chi connectivity index (χ1n) is 8.31. The summed E-state index contributed by atoms with van der Waals surface area (Å²) in [5.41, 5.74) is 0.607. The van der Waals surface area contributed by atoms with E-state index in [1.807, 2.05) is 0 Å². The van der Waals surface area contributed by atoms with E-state index in [0.717, 1.165) is 0 Å². The number of hydrogen-bond donors (Lipinski definition) is 4. The minimum Gasteiger partial charge on any atom is -0.481 e. The minimum absolute atomic E-state index is 0.0562. The van der Waals surface area contributed by atoms with Crippen molar-refractivity contribution >= 4 is 40.9 Å². The summed E-state index contributed by atoms with van der Waals surface area (Å²) >= 11 is 0. The van der Waals surface area contributed by atoms with E-state index in [2.05, 4.69) is 10.6 Å². The van der Waals surface area contributed by atoms with E-state index in [1.54, 1.807) is 24.3 Å². The van der Waals surface area contributed by atoms with E-state index < -0.39 is 48.8 Å². The average molecular weight is 389 g/mol. The van der Waals surface area contributed by atoms with Gasteiger partial charge in [-0.15, -0.1) is 0 Å². The summed E-state index contributed by atoms with van der Waals surface area (Å²) in [6.07, 6.45) is -0.284. The monoisotopic (exact) mass is 389 g/mol. The van der Waals surface area contributed by atoms with Gasteiger partial charge in [-0.3, -0.25) is 19.2 Å². The maximum Gasteiger partial charge on any atom is 0.323 e. The summed E-state index contributed by atoms with van der Waals surface area (Å²) in [6.45, 7) is 0.919. The first kappa shape index (κ1) is 20.6. The van der Waals surface area contributed by atoms with Gasteiger partial charge in [0.1, 0.15) is 24.6 Å². The van der Waals surface area contributed by atoms with E-state index in [-0.39, 0.29) is 5.69 Å². The number of nitrogens with one attached hydrogen (secondary N) is 2. The van der Waals surface area contributed by atoms with Crippen LogP contribution in [0.2, 0.25) is 0 Å². The fraction of sp³-hybridized carbons (Fsp3) is 0.278. The normalized spacial score (nSPS) is 12.8. The molecule has 10 nitrogen and oxygen atoms in total. The number of rotatable bonds is 9. The highest BCUT2D eigenvalue weighted by atomic mass is 16.4. The van der Waals surface area contributed by atoms with Crippen molar-refractivity contribution in [2.24, 2.45) is 0 Å².